The van der Waals surface area contributed by atoms with Crippen molar-refractivity contribution in [2.75, 3.05) is 108 Å². The van der Waals surface area contributed by atoms with E-state index in [1.54, 1.807) is 35.7 Å². The lowest BCUT2D eigenvalue weighted by Crippen LogP contribution is -2.46. The van der Waals surface area contributed by atoms with E-state index in [-0.39, 0.29) is 36.3 Å². The first-order chi connectivity index (χ1) is 38.2. The van der Waals surface area contributed by atoms with E-state index in [0.29, 0.717) is 95.4 Å². The zero-order valence-electron chi connectivity index (χ0n) is 47.2. The summed E-state index contributed by atoms with van der Waals surface area (Å²) in [5.74, 6) is 0.652. The first-order valence-electron chi connectivity index (χ1n) is 27.0. The van der Waals surface area contributed by atoms with Crippen LogP contribution in [-0.2, 0) is 44.6 Å². The number of thiazole rings is 1. The van der Waals surface area contributed by atoms with Gasteiger partial charge in [-0.05, 0) is 81.1 Å². The Labute approximate surface area is 470 Å². The summed E-state index contributed by atoms with van der Waals surface area (Å²) in [7, 11) is 2.19. The van der Waals surface area contributed by atoms with E-state index in [2.05, 4.69) is 77.8 Å². The number of nitrogens with two attached hydrogens (primary N) is 1. The Morgan fingerprint density at radius 2 is 1.54 bits per heavy atom. The van der Waals surface area contributed by atoms with Gasteiger partial charge in [0.1, 0.15) is 25.2 Å². The van der Waals surface area contributed by atoms with Gasteiger partial charge in [-0.2, -0.15) is 0 Å². The Bertz CT molecular complexity index is 2630. The quantitative estimate of drug-likeness (QED) is 0.0295. The number of hydrogen-bond donors (Lipinski definition) is 4. The molecule has 430 valence electrons. The number of benzene rings is 2. The fourth-order valence-electron chi connectivity index (χ4n) is 8.43. The molecule has 79 heavy (non-hydrogen) atoms. The lowest BCUT2D eigenvalue weighted by atomic mass is 9.88. The molecular formula is C58H82N10O10S. The Balaban J connectivity index is 0.000000374. The maximum atomic E-state index is 11.9. The van der Waals surface area contributed by atoms with Crippen molar-refractivity contribution >= 4 is 47.1 Å². The zero-order chi connectivity index (χ0) is 57.0. The number of pyridine rings is 1. The summed E-state index contributed by atoms with van der Waals surface area (Å²) in [4.78, 5) is 49.8. The predicted molar refractivity (Wildman–Crippen MR) is 309 cm³/mol. The molecule has 2 saturated heterocycles. The molecule has 2 bridgehead atoms. The van der Waals surface area contributed by atoms with Crippen molar-refractivity contribution in [3.8, 4) is 33.3 Å². The van der Waals surface area contributed by atoms with Crippen molar-refractivity contribution in [1.29, 1.82) is 0 Å². The van der Waals surface area contributed by atoms with Gasteiger partial charge in [-0.15, -0.1) is 21.5 Å². The molecule has 2 aromatic carbocycles. The number of aryl methyl sites for hydroxylation is 1. The molecule has 0 aliphatic carbocycles. The largest absolute Gasteiger partial charge is 0.507 e. The van der Waals surface area contributed by atoms with E-state index in [1.165, 1.54) is 29.8 Å². The van der Waals surface area contributed by atoms with Crippen LogP contribution in [0.1, 0.15) is 72.1 Å². The number of phenols is 1. The number of aromatic hydroxyl groups is 1. The molecule has 21 heteroatoms. The van der Waals surface area contributed by atoms with Gasteiger partial charge in [0.25, 0.3) is 0 Å². The highest BCUT2D eigenvalue weighted by Gasteiger charge is 2.39. The molecule has 3 unspecified atom stereocenters. The number of nitrogens with zero attached hydrogens (tertiary/aromatic N) is 7. The number of nitrogen functional groups attached to an aromatic ring is 1. The number of rotatable bonds is 27. The third-order valence-electron chi connectivity index (χ3n) is 13.0. The van der Waals surface area contributed by atoms with E-state index in [4.69, 9.17) is 34.2 Å². The van der Waals surface area contributed by atoms with Gasteiger partial charge < -0.3 is 69.4 Å². The molecule has 2 fully saturated rings. The number of para-hydroxylation sites is 1. The number of nitrogens with one attached hydrogen (secondary N) is 2. The first-order valence-corrected chi connectivity index (χ1v) is 27.9. The Hall–Kier alpha value is -6.59. The summed E-state index contributed by atoms with van der Waals surface area (Å²) in [5, 5.41) is 24.0. The number of fused-ring (bicyclic) bond motifs is 2. The number of aldehydes is 1. The van der Waals surface area contributed by atoms with Crippen molar-refractivity contribution in [1.82, 2.24) is 35.7 Å². The standard InChI is InChI=1S/C38H51N7O9.C12H12N2OS.C6H13N.C2H6/c1-38(2,3)34(25-46)41-35(48)26-53-17-16-51-13-12-49-10-11-50-14-15-52-18-19-54-36-21-27(8-9-40-36)44-23-29-20-28(44)24-45(29)32-22-31(42-43-37(32)39)30-6-4-5-7-33(30)47;1-9-12(16-8-14-9)11-4-2-10(3-5-11)6-13-7-15;1-6-4-3-5-7(6)2;1-2/h4-9,21-23,25,28,34,47H,10-20,24,26H2,1-3H3,(H2,39,43)(H,41,48);2-5,7-8H,6H2,1H3,(H,13,15);6H,3-5H2,1-2H3;1-2H3. The summed E-state index contributed by atoms with van der Waals surface area (Å²) < 4.78 is 33.3. The highest BCUT2D eigenvalue weighted by Crippen LogP contribution is 2.42. The maximum absolute atomic E-state index is 11.9. The highest BCUT2D eigenvalue weighted by atomic mass is 32.1. The molecule has 5 N–H and O–H groups in total. The van der Waals surface area contributed by atoms with Gasteiger partial charge in [-0.25, -0.2) is 9.97 Å². The number of hydrogen-bond acceptors (Lipinski definition) is 19. The van der Waals surface area contributed by atoms with Crippen LogP contribution in [-0.4, -0.2) is 160 Å². The summed E-state index contributed by atoms with van der Waals surface area (Å²) in [6.07, 6.45) is 8.94. The molecule has 20 nitrogen and oxygen atoms in total. The normalized spacial score (nSPS) is 15.9. The van der Waals surface area contributed by atoms with Crippen LogP contribution in [0.15, 0.2) is 90.3 Å². The Kier molecular flexibility index (Phi) is 27.0. The third kappa shape index (κ3) is 20.5. The van der Waals surface area contributed by atoms with Crippen molar-refractivity contribution in [3.63, 3.8) is 0 Å². The minimum Gasteiger partial charge on any atom is -0.507 e. The van der Waals surface area contributed by atoms with Gasteiger partial charge in [0.15, 0.2) is 5.82 Å². The molecule has 3 aliphatic rings. The van der Waals surface area contributed by atoms with Crippen molar-refractivity contribution < 1.29 is 47.9 Å². The number of likely N-dealkylation sites (tertiary alicyclic amines) is 1. The number of phenolic OH excluding ortho intramolecular Hbond substituents is 1. The smallest absolute Gasteiger partial charge is 0.246 e. The van der Waals surface area contributed by atoms with E-state index in [0.717, 1.165) is 53.6 Å². The second-order valence-electron chi connectivity index (χ2n) is 19.7. The van der Waals surface area contributed by atoms with Gasteiger partial charge in [0, 0.05) is 61.0 Å². The van der Waals surface area contributed by atoms with E-state index in [9.17, 15) is 19.5 Å². The van der Waals surface area contributed by atoms with Crippen LogP contribution >= 0.6 is 11.3 Å². The topological polar surface area (TPSA) is 238 Å². The summed E-state index contributed by atoms with van der Waals surface area (Å²) in [6.45, 7) is 20.3. The van der Waals surface area contributed by atoms with Crippen molar-refractivity contribution in [3.05, 3.63) is 102 Å². The molecule has 0 saturated carbocycles. The molecule has 0 radical (unpaired) electrons. The van der Waals surface area contributed by atoms with E-state index < -0.39 is 6.04 Å². The third-order valence-corrected chi connectivity index (χ3v) is 14.0. The molecule has 3 aliphatic heterocycles. The lowest BCUT2D eigenvalue weighted by molar-refractivity contribution is -0.130. The number of anilines is 3. The second kappa shape index (κ2) is 33.8. The Morgan fingerprint density at radius 3 is 2.09 bits per heavy atom. The summed E-state index contributed by atoms with van der Waals surface area (Å²) in [6, 6.07) is 21.4. The first kappa shape index (κ1) is 63.2. The molecule has 8 rings (SSSR count). The van der Waals surface area contributed by atoms with E-state index >= 15 is 0 Å². The number of ether oxygens (including phenoxy) is 6. The van der Waals surface area contributed by atoms with Gasteiger partial charge in [-0.3, -0.25) is 9.59 Å². The van der Waals surface area contributed by atoms with Gasteiger partial charge in [0.05, 0.1) is 99.0 Å². The Morgan fingerprint density at radius 1 is 0.886 bits per heavy atom. The van der Waals surface area contributed by atoms with Crippen LogP contribution in [0.4, 0.5) is 17.2 Å². The molecule has 6 heterocycles. The minimum absolute atomic E-state index is 0.131. The van der Waals surface area contributed by atoms with Crippen LogP contribution < -0.4 is 30.9 Å². The van der Waals surface area contributed by atoms with Crippen LogP contribution in [0, 0.1) is 12.3 Å². The highest BCUT2D eigenvalue weighted by molar-refractivity contribution is 7.13. The molecule has 5 aromatic rings. The monoisotopic (exact) mass is 1110 g/mol. The molecule has 3 atom stereocenters. The summed E-state index contributed by atoms with van der Waals surface area (Å²) >= 11 is 1.64. The summed E-state index contributed by atoms with van der Waals surface area (Å²) in [5.41, 5.74) is 15.1. The molecule has 2 amide bonds. The minimum atomic E-state index is -0.565. The van der Waals surface area contributed by atoms with Crippen LogP contribution in [0.25, 0.3) is 21.7 Å². The average Bonchev–Trinajstić information content (AvgIpc) is 4.48. The number of amides is 2. The fourth-order valence-corrected chi connectivity index (χ4v) is 9.25. The molecular weight excluding hydrogens is 1030 g/mol. The predicted octanol–water partition coefficient (Wildman–Crippen LogP) is 7.45. The van der Waals surface area contributed by atoms with E-state index in [1.807, 2.05) is 83.5 Å². The molecule has 0 spiro atoms. The van der Waals surface area contributed by atoms with Gasteiger partial charge in [0.2, 0.25) is 18.2 Å². The van der Waals surface area contributed by atoms with Crippen LogP contribution in [0.2, 0.25) is 0 Å². The maximum Gasteiger partial charge on any atom is 0.246 e. The van der Waals surface area contributed by atoms with Crippen LogP contribution in [0.5, 0.6) is 11.6 Å². The van der Waals surface area contributed by atoms with Gasteiger partial charge in [-0.1, -0.05) is 71.0 Å². The lowest BCUT2D eigenvalue weighted by Gasteiger charge is -2.31. The molecule has 3 aromatic heterocycles. The number of carbonyl (C=O) groups is 3. The number of aromatic nitrogens is 4. The average molecular weight is 1110 g/mol. The number of carbonyl (C=O) groups excluding carboxylic acids is 3. The second-order valence-corrected chi connectivity index (χ2v) is 20.6. The SMILES string of the molecule is CC.CC(C)(C)C(C=O)NC(=O)COCCOCCOCCOCCOCCOc1cc(N2C=C3CC2CN3c2cc(-c3ccccc3O)nnc2N)ccn1.CC1CCCN1C.Cc1ncsc1-c1ccc(CNC=O)cc1. The van der Waals surface area contributed by atoms with Gasteiger partial charge >= 0.3 is 0 Å². The van der Waals surface area contributed by atoms with Crippen molar-refractivity contribution in [2.45, 2.75) is 92.4 Å². The van der Waals surface area contributed by atoms with Crippen molar-refractivity contribution in [2.24, 2.45) is 5.41 Å². The van der Waals surface area contributed by atoms with Crippen LogP contribution in [0.3, 0.4) is 0 Å². The zero-order valence-corrected chi connectivity index (χ0v) is 48.0. The fraction of sp³-hybridized carbons (Fsp3) is 0.500.